The van der Waals surface area contributed by atoms with Crippen LogP contribution in [0.4, 0.5) is 5.82 Å². The third kappa shape index (κ3) is 4.26. The van der Waals surface area contributed by atoms with Gasteiger partial charge in [0.25, 0.3) is 0 Å². The number of anilines is 1. The number of nitrogens with zero attached hydrogens (tertiary/aromatic N) is 3. The van der Waals surface area contributed by atoms with Crippen molar-refractivity contribution >= 4 is 17.6 Å². The number of carbonyl (C=O) groups excluding carboxylic acids is 2. The smallest absolute Gasteiger partial charge is 0.230 e. The molecule has 2 aromatic rings. The van der Waals surface area contributed by atoms with Gasteiger partial charge in [-0.2, -0.15) is 5.10 Å². The molecule has 1 atom stereocenters. The SMILES string of the molecule is O=C(Nc1ccnn1C1CCCCC1)C1CC(=O)N(CCc2ccccc2)C1. The Balaban J connectivity index is 1.33. The summed E-state index contributed by atoms with van der Waals surface area (Å²) < 4.78 is 1.96. The van der Waals surface area contributed by atoms with Crippen LogP contribution in [-0.4, -0.2) is 39.6 Å². The van der Waals surface area contributed by atoms with Crippen LogP contribution in [0.2, 0.25) is 0 Å². The van der Waals surface area contributed by atoms with Crippen LogP contribution in [0.3, 0.4) is 0 Å². The summed E-state index contributed by atoms with van der Waals surface area (Å²) in [5.74, 6) is 0.454. The number of rotatable bonds is 6. The first-order valence-electron chi connectivity index (χ1n) is 10.4. The van der Waals surface area contributed by atoms with Crippen molar-refractivity contribution < 1.29 is 9.59 Å². The van der Waals surface area contributed by atoms with Crippen LogP contribution in [0.5, 0.6) is 0 Å². The van der Waals surface area contributed by atoms with E-state index in [0.717, 1.165) is 25.1 Å². The average molecular weight is 380 g/mol. The molecule has 0 bridgehead atoms. The Bertz CT molecular complexity index is 811. The van der Waals surface area contributed by atoms with E-state index in [4.69, 9.17) is 0 Å². The Labute approximate surface area is 165 Å². The fourth-order valence-electron chi connectivity index (χ4n) is 4.33. The quantitative estimate of drug-likeness (QED) is 0.835. The van der Waals surface area contributed by atoms with Gasteiger partial charge < -0.3 is 10.2 Å². The Morgan fingerprint density at radius 1 is 1.11 bits per heavy atom. The van der Waals surface area contributed by atoms with Gasteiger partial charge in [-0.1, -0.05) is 49.6 Å². The Morgan fingerprint density at radius 3 is 2.68 bits per heavy atom. The van der Waals surface area contributed by atoms with Crippen LogP contribution in [0, 0.1) is 5.92 Å². The molecule has 1 aromatic heterocycles. The fourth-order valence-corrected chi connectivity index (χ4v) is 4.33. The number of likely N-dealkylation sites (tertiary alicyclic amines) is 1. The number of nitrogens with one attached hydrogen (secondary N) is 1. The molecule has 2 aliphatic rings. The molecule has 2 heterocycles. The zero-order chi connectivity index (χ0) is 19.3. The zero-order valence-electron chi connectivity index (χ0n) is 16.2. The van der Waals surface area contributed by atoms with E-state index in [2.05, 4.69) is 22.5 Å². The minimum atomic E-state index is -0.294. The molecule has 148 valence electrons. The van der Waals surface area contributed by atoms with E-state index in [1.54, 1.807) is 6.20 Å². The second-order valence-corrected chi connectivity index (χ2v) is 7.92. The molecule has 1 N–H and O–H groups in total. The third-order valence-electron chi connectivity index (χ3n) is 5.94. The lowest BCUT2D eigenvalue weighted by Gasteiger charge is -2.24. The van der Waals surface area contributed by atoms with E-state index in [9.17, 15) is 9.59 Å². The van der Waals surface area contributed by atoms with Crippen LogP contribution in [-0.2, 0) is 16.0 Å². The highest BCUT2D eigenvalue weighted by Gasteiger charge is 2.34. The van der Waals surface area contributed by atoms with E-state index >= 15 is 0 Å². The van der Waals surface area contributed by atoms with Crippen molar-refractivity contribution in [2.45, 2.75) is 51.0 Å². The Kier molecular flexibility index (Phi) is 5.74. The number of carbonyl (C=O) groups is 2. The van der Waals surface area contributed by atoms with Gasteiger partial charge >= 0.3 is 0 Å². The topological polar surface area (TPSA) is 67.2 Å². The Morgan fingerprint density at radius 2 is 1.89 bits per heavy atom. The highest BCUT2D eigenvalue weighted by molar-refractivity contribution is 5.96. The van der Waals surface area contributed by atoms with Gasteiger partial charge in [0.05, 0.1) is 18.2 Å². The first-order valence-corrected chi connectivity index (χ1v) is 10.4. The highest BCUT2D eigenvalue weighted by atomic mass is 16.2. The number of hydrogen-bond donors (Lipinski definition) is 1. The summed E-state index contributed by atoms with van der Waals surface area (Å²) in [5, 5.41) is 7.46. The maximum absolute atomic E-state index is 12.8. The lowest BCUT2D eigenvalue weighted by Crippen LogP contribution is -2.30. The zero-order valence-corrected chi connectivity index (χ0v) is 16.2. The number of hydrogen-bond acceptors (Lipinski definition) is 3. The monoisotopic (exact) mass is 380 g/mol. The number of amides is 2. The van der Waals surface area contributed by atoms with Crippen molar-refractivity contribution in [3.05, 3.63) is 48.2 Å². The predicted molar refractivity (Wildman–Crippen MR) is 108 cm³/mol. The fraction of sp³-hybridized carbons (Fsp3) is 0.500. The van der Waals surface area contributed by atoms with Gasteiger partial charge in [-0.3, -0.25) is 9.59 Å². The standard InChI is InChI=1S/C22H28N4O2/c27-21-15-18(16-25(21)14-12-17-7-3-1-4-8-17)22(28)24-20-11-13-23-26(20)19-9-5-2-6-10-19/h1,3-4,7-8,11,13,18-19H,2,5-6,9-10,12,14-16H2,(H,24,28). The minimum absolute atomic E-state index is 0.0665. The highest BCUT2D eigenvalue weighted by Crippen LogP contribution is 2.30. The molecule has 6 heteroatoms. The molecule has 1 saturated heterocycles. The minimum Gasteiger partial charge on any atom is -0.342 e. The summed E-state index contributed by atoms with van der Waals surface area (Å²) >= 11 is 0. The van der Waals surface area contributed by atoms with Crippen molar-refractivity contribution in [1.82, 2.24) is 14.7 Å². The molecule has 1 saturated carbocycles. The van der Waals surface area contributed by atoms with E-state index in [-0.39, 0.29) is 24.2 Å². The summed E-state index contributed by atoms with van der Waals surface area (Å²) in [6.07, 6.45) is 8.78. The van der Waals surface area contributed by atoms with Crippen LogP contribution >= 0.6 is 0 Å². The molecule has 0 spiro atoms. The molecule has 1 unspecified atom stereocenters. The molecule has 2 amide bonds. The van der Waals surface area contributed by atoms with Crippen molar-refractivity contribution in [2.24, 2.45) is 5.92 Å². The molecule has 28 heavy (non-hydrogen) atoms. The lowest BCUT2D eigenvalue weighted by molar-refractivity contribution is -0.128. The molecule has 1 aliphatic heterocycles. The van der Waals surface area contributed by atoms with Crippen molar-refractivity contribution in [3.8, 4) is 0 Å². The first-order chi connectivity index (χ1) is 13.7. The summed E-state index contributed by atoms with van der Waals surface area (Å²) in [6.45, 7) is 1.15. The molecule has 6 nitrogen and oxygen atoms in total. The molecular formula is C22H28N4O2. The first kappa shape index (κ1) is 18.7. The summed E-state index contributed by atoms with van der Waals surface area (Å²) in [7, 11) is 0. The van der Waals surface area contributed by atoms with Crippen LogP contribution in [0.1, 0.15) is 50.1 Å². The third-order valence-corrected chi connectivity index (χ3v) is 5.94. The van der Waals surface area contributed by atoms with E-state index < -0.39 is 0 Å². The lowest BCUT2D eigenvalue weighted by atomic mass is 9.96. The normalized spacial score (nSPS) is 20.5. The van der Waals surface area contributed by atoms with Gasteiger partial charge in [-0.05, 0) is 24.8 Å². The Hall–Kier alpha value is -2.63. The summed E-state index contributed by atoms with van der Waals surface area (Å²) in [6, 6.07) is 12.4. The summed E-state index contributed by atoms with van der Waals surface area (Å²) in [5.41, 5.74) is 1.21. The van der Waals surface area contributed by atoms with Crippen LogP contribution in [0.25, 0.3) is 0 Å². The molecule has 1 aliphatic carbocycles. The van der Waals surface area contributed by atoms with Gasteiger partial charge in [-0.15, -0.1) is 0 Å². The van der Waals surface area contributed by atoms with Gasteiger partial charge in [0, 0.05) is 25.6 Å². The average Bonchev–Trinajstić information content (AvgIpc) is 3.34. The molecular weight excluding hydrogens is 352 g/mol. The van der Waals surface area contributed by atoms with E-state index in [0.29, 0.717) is 19.1 Å². The van der Waals surface area contributed by atoms with Crippen molar-refractivity contribution in [2.75, 3.05) is 18.4 Å². The molecule has 4 rings (SSSR count). The van der Waals surface area contributed by atoms with Crippen molar-refractivity contribution in [3.63, 3.8) is 0 Å². The number of aromatic nitrogens is 2. The second-order valence-electron chi connectivity index (χ2n) is 7.92. The maximum Gasteiger partial charge on any atom is 0.230 e. The van der Waals surface area contributed by atoms with E-state index in [1.807, 2.05) is 33.8 Å². The van der Waals surface area contributed by atoms with E-state index in [1.165, 1.54) is 24.8 Å². The largest absolute Gasteiger partial charge is 0.342 e. The maximum atomic E-state index is 12.8. The van der Waals surface area contributed by atoms with Gasteiger partial charge in [-0.25, -0.2) is 4.68 Å². The second kappa shape index (κ2) is 8.59. The van der Waals surface area contributed by atoms with Crippen molar-refractivity contribution in [1.29, 1.82) is 0 Å². The van der Waals surface area contributed by atoms with Gasteiger partial charge in [0.15, 0.2) is 0 Å². The summed E-state index contributed by atoms with van der Waals surface area (Å²) in [4.78, 5) is 27.0. The van der Waals surface area contributed by atoms with Crippen LogP contribution in [0.15, 0.2) is 42.6 Å². The molecule has 1 aromatic carbocycles. The predicted octanol–water partition coefficient (Wildman–Crippen LogP) is 3.42. The molecule has 0 radical (unpaired) electrons. The molecule has 2 fully saturated rings. The number of benzene rings is 1. The van der Waals surface area contributed by atoms with Gasteiger partial charge in [0.1, 0.15) is 5.82 Å². The van der Waals surface area contributed by atoms with Crippen LogP contribution < -0.4 is 5.32 Å². The van der Waals surface area contributed by atoms with Gasteiger partial charge in [0.2, 0.25) is 11.8 Å².